The van der Waals surface area contributed by atoms with E-state index in [4.69, 9.17) is 23.2 Å². The molecule has 0 aliphatic carbocycles. The second kappa shape index (κ2) is 12.1. The van der Waals surface area contributed by atoms with Crippen LogP contribution in [0.5, 0.6) is 0 Å². The van der Waals surface area contributed by atoms with E-state index in [0.29, 0.717) is 15.4 Å². The predicted molar refractivity (Wildman–Crippen MR) is 97.4 cm³/mol. The van der Waals surface area contributed by atoms with Gasteiger partial charge in [-0.25, -0.2) is 8.78 Å². The molecule has 117 valence electrons. The van der Waals surface area contributed by atoms with Gasteiger partial charge in [0.25, 0.3) is 0 Å². The number of benzene rings is 2. The van der Waals surface area contributed by atoms with Crippen LogP contribution in [0.3, 0.4) is 0 Å². The van der Waals surface area contributed by atoms with Crippen molar-refractivity contribution in [3.63, 3.8) is 0 Å². The van der Waals surface area contributed by atoms with Crippen molar-refractivity contribution >= 4 is 59.6 Å². The summed E-state index contributed by atoms with van der Waals surface area (Å²) in [6, 6.07) is 8.70. The summed E-state index contributed by atoms with van der Waals surface area (Å²) in [7, 11) is 4.34. The number of thiol groups is 1. The fourth-order valence-corrected chi connectivity index (χ4v) is 2.25. The SMILES string of the molecule is Cc1ccc(F)cc1Cl.Fc1ccc(CBr)c(Cl)c1.[B]=NS. The van der Waals surface area contributed by atoms with E-state index >= 15 is 0 Å². The summed E-state index contributed by atoms with van der Waals surface area (Å²) in [5, 5.41) is 1.61. The number of hydrogen-bond acceptors (Lipinski definition) is 2. The van der Waals surface area contributed by atoms with Gasteiger partial charge in [-0.1, -0.05) is 51.3 Å². The van der Waals surface area contributed by atoms with E-state index in [0.717, 1.165) is 11.1 Å². The molecule has 1 radical (unpaired) electrons. The molecule has 0 amide bonds. The number of aryl methyl sites for hydroxylation is 1. The Morgan fingerprint density at radius 2 is 1.55 bits per heavy atom. The molecule has 0 bridgehead atoms. The van der Waals surface area contributed by atoms with E-state index in [9.17, 15) is 8.78 Å². The van der Waals surface area contributed by atoms with Crippen molar-refractivity contribution in [2.24, 2.45) is 4.30 Å². The molecule has 2 aromatic rings. The fraction of sp³-hybridized carbons (Fsp3) is 0.143. The molecule has 0 heterocycles. The van der Waals surface area contributed by atoms with Crippen LogP contribution in [-0.4, -0.2) is 7.64 Å². The summed E-state index contributed by atoms with van der Waals surface area (Å²) >= 11 is 17.7. The molecule has 0 N–H and O–H groups in total. The molecule has 1 nitrogen and oxygen atoms in total. The van der Waals surface area contributed by atoms with Gasteiger partial charge in [0.1, 0.15) is 11.6 Å². The minimum absolute atomic E-state index is 0.286. The van der Waals surface area contributed by atoms with Crippen molar-refractivity contribution in [2.45, 2.75) is 12.3 Å². The maximum absolute atomic E-state index is 12.4. The van der Waals surface area contributed by atoms with Gasteiger partial charge in [0.15, 0.2) is 0 Å². The van der Waals surface area contributed by atoms with Crippen molar-refractivity contribution in [1.29, 1.82) is 0 Å². The van der Waals surface area contributed by atoms with Gasteiger partial charge in [-0.05, 0) is 42.3 Å². The Labute approximate surface area is 153 Å². The first-order valence-corrected chi connectivity index (χ1v) is 8.09. The van der Waals surface area contributed by atoms with Crippen molar-refractivity contribution in [1.82, 2.24) is 0 Å². The monoisotopic (exact) mass is 424 g/mol. The normalized spacial score (nSPS) is 9.00. The van der Waals surface area contributed by atoms with Crippen LogP contribution >= 0.6 is 51.9 Å². The number of rotatable bonds is 1. The first kappa shape index (κ1) is 21.6. The van der Waals surface area contributed by atoms with Crippen LogP contribution in [0.25, 0.3) is 0 Å². The number of nitrogens with zero attached hydrogens (tertiary/aromatic N) is 1. The molecule has 0 aliphatic rings. The Morgan fingerprint density at radius 3 is 1.91 bits per heavy atom. The molecule has 0 fully saturated rings. The topological polar surface area (TPSA) is 12.4 Å². The van der Waals surface area contributed by atoms with E-state index in [1.807, 2.05) is 6.92 Å². The molecule has 0 aliphatic heterocycles. The van der Waals surface area contributed by atoms with Crippen LogP contribution in [0.1, 0.15) is 11.1 Å². The number of halogens is 5. The van der Waals surface area contributed by atoms with Crippen molar-refractivity contribution < 1.29 is 8.78 Å². The third-order valence-corrected chi connectivity index (χ3v) is 3.66. The quantitative estimate of drug-likeness (QED) is 0.311. The standard InChI is InChI=1S/C7H5BrClF.C7H6ClF.BHNS/c8-4-5-1-2-6(10)3-7(5)9;1-5-2-3-6(9)4-7(5)8;1-2-3/h1-3H,4H2;2-4H,1H3;3H. The molecule has 22 heavy (non-hydrogen) atoms. The summed E-state index contributed by atoms with van der Waals surface area (Å²) in [5.74, 6) is -0.583. The first-order valence-electron chi connectivity index (χ1n) is 5.81. The molecule has 0 unspecified atom stereocenters. The molecule has 0 atom stereocenters. The van der Waals surface area contributed by atoms with Crippen LogP contribution in [-0.2, 0) is 5.33 Å². The average Bonchev–Trinajstić information content (AvgIpc) is 2.45. The van der Waals surface area contributed by atoms with Gasteiger partial charge in [0.05, 0.1) is 0 Å². The summed E-state index contributed by atoms with van der Waals surface area (Å²) < 4.78 is 27.3. The van der Waals surface area contributed by atoms with Gasteiger partial charge in [-0.2, -0.15) is 0 Å². The Balaban J connectivity index is 0.000000342. The number of hydrogen-bond donors (Lipinski definition) is 1. The van der Waals surface area contributed by atoms with Crippen LogP contribution in [0, 0.1) is 18.6 Å². The van der Waals surface area contributed by atoms with Gasteiger partial charge >= 0.3 is 24.8 Å². The van der Waals surface area contributed by atoms with E-state index < -0.39 is 0 Å². The zero-order valence-electron chi connectivity index (χ0n) is 11.5. The molecule has 2 rings (SSSR count). The van der Waals surface area contributed by atoms with Crippen LogP contribution in [0.4, 0.5) is 8.78 Å². The Kier molecular flexibility index (Phi) is 11.8. The van der Waals surface area contributed by atoms with Gasteiger partial charge in [-0.15, -0.1) is 0 Å². The maximum atomic E-state index is 12.4. The Hall–Kier alpha value is -0.425. The van der Waals surface area contributed by atoms with Gasteiger partial charge in [0, 0.05) is 15.4 Å². The van der Waals surface area contributed by atoms with E-state index in [2.05, 4.69) is 40.7 Å². The first-order chi connectivity index (χ1) is 10.3. The van der Waals surface area contributed by atoms with E-state index in [-0.39, 0.29) is 11.6 Å². The third kappa shape index (κ3) is 8.88. The summed E-state index contributed by atoms with van der Waals surface area (Å²) in [6.45, 7) is 1.84. The molecule has 0 saturated heterocycles. The second-order valence-electron chi connectivity index (χ2n) is 3.88. The van der Waals surface area contributed by atoms with Crippen molar-refractivity contribution in [3.05, 3.63) is 69.2 Å². The van der Waals surface area contributed by atoms with E-state index in [1.54, 1.807) is 12.1 Å². The average molecular weight is 426 g/mol. The molecule has 0 saturated carbocycles. The zero-order chi connectivity index (χ0) is 17.1. The molecular weight excluding hydrogens is 414 g/mol. The molecule has 8 heteroatoms. The summed E-state index contributed by atoms with van der Waals surface area (Å²) in [5.41, 5.74) is 1.81. The van der Waals surface area contributed by atoms with Crippen molar-refractivity contribution in [3.8, 4) is 0 Å². The Morgan fingerprint density at radius 1 is 1.09 bits per heavy atom. The molecular formula is C14H12BBrCl2F2NS. The van der Waals surface area contributed by atoms with Crippen molar-refractivity contribution in [2.75, 3.05) is 0 Å². The zero-order valence-corrected chi connectivity index (χ0v) is 15.5. The van der Waals surface area contributed by atoms with Crippen LogP contribution < -0.4 is 0 Å². The predicted octanol–water partition coefficient (Wildman–Crippen LogP) is 6.34. The van der Waals surface area contributed by atoms with Gasteiger partial charge in [-0.3, -0.25) is 0 Å². The Bertz CT molecular complexity index is 617. The van der Waals surface area contributed by atoms with Gasteiger partial charge < -0.3 is 0 Å². The summed E-state index contributed by atoms with van der Waals surface area (Å²) in [4.78, 5) is 0. The van der Waals surface area contributed by atoms with Gasteiger partial charge in [0.2, 0.25) is 0 Å². The molecule has 0 aromatic heterocycles. The number of alkyl halides is 1. The molecule has 0 spiro atoms. The third-order valence-electron chi connectivity index (χ3n) is 2.29. The fourth-order valence-electron chi connectivity index (χ4n) is 1.20. The minimum atomic E-state index is -0.297. The second-order valence-corrected chi connectivity index (χ2v) is 5.48. The van der Waals surface area contributed by atoms with E-state index in [1.165, 1.54) is 24.3 Å². The van der Waals surface area contributed by atoms with Crippen LogP contribution in [0.2, 0.25) is 10.0 Å². The van der Waals surface area contributed by atoms with Crippen LogP contribution in [0.15, 0.2) is 40.7 Å². The summed E-state index contributed by atoms with van der Waals surface area (Å²) in [6.07, 6.45) is 0. The molecule has 2 aromatic carbocycles.